The van der Waals surface area contributed by atoms with Crippen molar-refractivity contribution in [1.29, 1.82) is 0 Å². The van der Waals surface area contributed by atoms with Crippen molar-refractivity contribution in [1.82, 2.24) is 0 Å². The molecule has 3 aliphatic rings. The van der Waals surface area contributed by atoms with Crippen LogP contribution in [0.3, 0.4) is 0 Å². The molecule has 0 saturated carbocycles. The summed E-state index contributed by atoms with van der Waals surface area (Å²) in [6.07, 6.45) is 0.409. The first-order valence-electron chi connectivity index (χ1n) is 5.73. The predicted molar refractivity (Wildman–Crippen MR) is 56.4 cm³/mol. The second-order valence-corrected chi connectivity index (χ2v) is 4.76. The Kier molecular flexibility index (Phi) is 1.52. The number of epoxide rings is 1. The number of Topliss-reactive ketones (excluding diaryl/α,β-unsaturated/α-hetero) is 1. The molecule has 0 aromatic heterocycles. The molecule has 4 heteroatoms. The summed E-state index contributed by atoms with van der Waals surface area (Å²) in [6.45, 7) is 0. The van der Waals surface area contributed by atoms with Crippen LogP contribution >= 0.6 is 0 Å². The topological polar surface area (TPSA) is 55.9 Å². The summed E-state index contributed by atoms with van der Waals surface area (Å²) in [5.41, 5.74) is 0.535. The number of esters is 1. The molecule has 17 heavy (non-hydrogen) atoms. The van der Waals surface area contributed by atoms with E-state index < -0.39 is 5.60 Å². The molecule has 4 nitrogen and oxygen atoms in total. The fourth-order valence-corrected chi connectivity index (χ4v) is 2.97. The van der Waals surface area contributed by atoms with Crippen LogP contribution in [0, 0.1) is 0 Å². The van der Waals surface area contributed by atoms with Crippen LogP contribution in [0.25, 0.3) is 0 Å². The third kappa shape index (κ3) is 1.01. The molecule has 86 valence electrons. The van der Waals surface area contributed by atoms with Gasteiger partial charge in [0.25, 0.3) is 0 Å². The van der Waals surface area contributed by atoms with Gasteiger partial charge in [-0.3, -0.25) is 9.59 Å². The molecule has 1 aromatic carbocycles. The number of benzene rings is 1. The molecule has 0 amide bonds. The van der Waals surface area contributed by atoms with Crippen LogP contribution < -0.4 is 0 Å². The fourth-order valence-electron chi connectivity index (χ4n) is 2.97. The van der Waals surface area contributed by atoms with E-state index in [-0.39, 0.29) is 24.0 Å². The van der Waals surface area contributed by atoms with E-state index >= 15 is 0 Å². The molecule has 3 atom stereocenters. The molecule has 0 radical (unpaired) electrons. The first-order chi connectivity index (χ1) is 8.22. The van der Waals surface area contributed by atoms with Crippen LogP contribution in [0.1, 0.15) is 34.9 Å². The maximum Gasteiger partial charge on any atom is 0.307 e. The monoisotopic (exact) mass is 230 g/mol. The van der Waals surface area contributed by atoms with Gasteiger partial charge in [-0.2, -0.15) is 0 Å². The quantitative estimate of drug-likeness (QED) is 0.499. The van der Waals surface area contributed by atoms with Crippen LogP contribution in [-0.4, -0.2) is 23.5 Å². The van der Waals surface area contributed by atoms with Gasteiger partial charge in [0.15, 0.2) is 0 Å². The third-order valence-electron chi connectivity index (χ3n) is 3.84. The van der Waals surface area contributed by atoms with E-state index in [0.29, 0.717) is 18.4 Å². The highest BCUT2D eigenvalue weighted by Crippen LogP contribution is 2.55. The second-order valence-electron chi connectivity index (χ2n) is 4.76. The number of ketones is 1. The van der Waals surface area contributed by atoms with Crippen LogP contribution in [0.2, 0.25) is 0 Å². The van der Waals surface area contributed by atoms with Crippen LogP contribution in [0.4, 0.5) is 0 Å². The lowest BCUT2D eigenvalue weighted by molar-refractivity contribution is -0.146. The lowest BCUT2D eigenvalue weighted by Gasteiger charge is -2.28. The first kappa shape index (κ1) is 9.36. The van der Waals surface area contributed by atoms with Gasteiger partial charge in [0, 0.05) is 18.4 Å². The molecular formula is C13H10O4. The van der Waals surface area contributed by atoms with E-state index in [1.165, 1.54) is 0 Å². The Morgan fingerprint density at radius 3 is 2.82 bits per heavy atom. The molecule has 1 aromatic rings. The van der Waals surface area contributed by atoms with Crippen molar-refractivity contribution in [2.24, 2.45) is 0 Å². The van der Waals surface area contributed by atoms with Crippen LogP contribution in [-0.2, 0) is 14.3 Å². The highest BCUT2D eigenvalue weighted by molar-refractivity contribution is 6.08. The second kappa shape index (κ2) is 2.76. The molecule has 2 aliphatic heterocycles. The maximum atomic E-state index is 12.5. The van der Waals surface area contributed by atoms with Gasteiger partial charge in [-0.1, -0.05) is 24.3 Å². The molecule has 0 unspecified atom stereocenters. The van der Waals surface area contributed by atoms with E-state index in [2.05, 4.69) is 0 Å². The van der Waals surface area contributed by atoms with Crippen LogP contribution in [0.15, 0.2) is 24.3 Å². The Morgan fingerprint density at radius 2 is 2.06 bits per heavy atom. The lowest BCUT2D eigenvalue weighted by atomic mass is 9.78. The molecule has 0 bridgehead atoms. The Bertz CT molecular complexity index is 550. The van der Waals surface area contributed by atoms with Gasteiger partial charge in [-0.15, -0.1) is 0 Å². The van der Waals surface area contributed by atoms with Crippen molar-refractivity contribution >= 4 is 11.8 Å². The minimum atomic E-state index is -1.03. The van der Waals surface area contributed by atoms with E-state index in [1.54, 1.807) is 6.07 Å². The molecule has 2 saturated heterocycles. The first-order valence-corrected chi connectivity index (χ1v) is 5.73. The Hall–Kier alpha value is -1.68. The van der Waals surface area contributed by atoms with Gasteiger partial charge in [0.2, 0.25) is 11.4 Å². The minimum absolute atomic E-state index is 0.0743. The maximum absolute atomic E-state index is 12.5. The van der Waals surface area contributed by atoms with Gasteiger partial charge in [0.1, 0.15) is 12.2 Å². The number of carbonyl (C=O) groups excluding carboxylic acids is 2. The van der Waals surface area contributed by atoms with Crippen molar-refractivity contribution < 1.29 is 19.1 Å². The normalized spacial score (nSPS) is 37.6. The van der Waals surface area contributed by atoms with Gasteiger partial charge >= 0.3 is 5.97 Å². The SMILES string of the molecule is O=C1CC[C@]2(O1)C(=O)c1ccccc1[C@@H]1O[C@@H]12. The smallest absolute Gasteiger partial charge is 0.307 e. The van der Waals surface area contributed by atoms with Gasteiger partial charge in [-0.05, 0) is 5.56 Å². The van der Waals surface area contributed by atoms with Crippen molar-refractivity contribution in [2.45, 2.75) is 30.7 Å². The van der Waals surface area contributed by atoms with Crippen molar-refractivity contribution in [3.63, 3.8) is 0 Å². The average Bonchev–Trinajstić information content (AvgIpc) is 3.06. The predicted octanol–water partition coefficient (Wildman–Crippen LogP) is 1.40. The van der Waals surface area contributed by atoms with Crippen molar-refractivity contribution in [3.8, 4) is 0 Å². The summed E-state index contributed by atoms with van der Waals surface area (Å²) in [7, 11) is 0. The molecular weight excluding hydrogens is 220 g/mol. The Morgan fingerprint density at radius 1 is 1.24 bits per heavy atom. The standard InChI is InChI=1S/C13H10O4/c14-9-5-6-13(17-9)11(15)8-4-2-1-3-7(8)10-12(13)16-10/h1-4,10,12H,5-6H2/t10-,12-,13-/m0/s1. The van der Waals surface area contributed by atoms with Crippen molar-refractivity contribution in [3.05, 3.63) is 35.4 Å². The summed E-state index contributed by atoms with van der Waals surface area (Å²) in [4.78, 5) is 23.8. The zero-order valence-corrected chi connectivity index (χ0v) is 9.01. The molecule has 1 spiro atoms. The number of fused-ring (bicyclic) bond motifs is 4. The van der Waals surface area contributed by atoms with Gasteiger partial charge < -0.3 is 9.47 Å². The highest BCUT2D eigenvalue weighted by atomic mass is 16.6. The number of rotatable bonds is 0. The zero-order chi connectivity index (χ0) is 11.6. The number of hydrogen-bond donors (Lipinski definition) is 0. The van der Waals surface area contributed by atoms with E-state index in [0.717, 1.165) is 5.56 Å². The van der Waals surface area contributed by atoms with Crippen LogP contribution in [0.5, 0.6) is 0 Å². The summed E-state index contributed by atoms with van der Waals surface area (Å²) < 4.78 is 10.9. The Balaban J connectivity index is 1.88. The lowest BCUT2D eigenvalue weighted by Crippen LogP contribution is -2.46. The minimum Gasteiger partial charge on any atom is -0.448 e. The third-order valence-corrected chi connectivity index (χ3v) is 3.84. The molecule has 2 fully saturated rings. The zero-order valence-electron chi connectivity index (χ0n) is 9.01. The van der Waals surface area contributed by atoms with E-state index in [9.17, 15) is 9.59 Å². The number of carbonyl (C=O) groups is 2. The van der Waals surface area contributed by atoms with Gasteiger partial charge in [0.05, 0.1) is 0 Å². The summed E-state index contributed by atoms with van der Waals surface area (Å²) in [6, 6.07) is 7.40. The van der Waals surface area contributed by atoms with E-state index in [4.69, 9.17) is 9.47 Å². The number of ether oxygens (including phenoxy) is 2. The average molecular weight is 230 g/mol. The highest BCUT2D eigenvalue weighted by Gasteiger charge is 2.67. The summed E-state index contributed by atoms with van der Waals surface area (Å²) in [5.74, 6) is -0.398. The number of hydrogen-bond acceptors (Lipinski definition) is 4. The summed E-state index contributed by atoms with van der Waals surface area (Å²) >= 11 is 0. The fraction of sp³-hybridized carbons (Fsp3) is 0.385. The molecule has 1 aliphatic carbocycles. The van der Waals surface area contributed by atoms with Crippen molar-refractivity contribution in [2.75, 3.05) is 0 Å². The van der Waals surface area contributed by atoms with Gasteiger partial charge in [-0.25, -0.2) is 0 Å². The molecule has 2 heterocycles. The molecule has 0 N–H and O–H groups in total. The van der Waals surface area contributed by atoms with E-state index in [1.807, 2.05) is 18.2 Å². The largest absolute Gasteiger partial charge is 0.448 e. The summed E-state index contributed by atoms with van der Waals surface area (Å²) in [5, 5.41) is 0. The Labute approximate surface area is 97.5 Å². The molecule has 4 rings (SSSR count).